The molecule has 0 spiro atoms. The van der Waals surface area contributed by atoms with Crippen LogP contribution in [0.4, 0.5) is 15.2 Å². The van der Waals surface area contributed by atoms with Gasteiger partial charge in [0, 0.05) is 12.1 Å². The van der Waals surface area contributed by atoms with Crippen LogP contribution in [0.25, 0.3) is 10.2 Å². The maximum absolute atomic E-state index is 13.8. The van der Waals surface area contributed by atoms with Crippen molar-refractivity contribution >= 4 is 54.5 Å². The third-order valence-electron chi connectivity index (χ3n) is 6.31. The van der Waals surface area contributed by atoms with Crippen LogP contribution in [0.3, 0.4) is 0 Å². The fourth-order valence-electron chi connectivity index (χ4n) is 4.41. The Hall–Kier alpha value is -4.35. The smallest absolute Gasteiger partial charge is 0.280 e. The van der Waals surface area contributed by atoms with Gasteiger partial charge in [-0.1, -0.05) is 29.5 Å². The third-order valence-corrected chi connectivity index (χ3v) is 9.13. The number of amides is 1. The number of hydrogen-bond donors (Lipinski definition) is 0. The molecule has 0 radical (unpaired) electrons. The van der Waals surface area contributed by atoms with Crippen LogP contribution in [0, 0.1) is 5.82 Å². The standard InChI is InChI=1S/C28H21FN4O4S2/c29-21-11-14-24-26(17-21)38-28(31-24)33(30-18-22-7-4-16-37-22)27(34)20-9-12-23(13-10-20)39(35,36)32-15-3-6-19-5-1-2-8-25(19)32/h1-2,4-5,7-14,16-18H,3,6,15H2/b30-18+. The lowest BCUT2D eigenvalue weighted by Gasteiger charge is -2.30. The zero-order valence-corrected chi connectivity index (χ0v) is 22.0. The van der Waals surface area contributed by atoms with E-state index in [9.17, 15) is 17.6 Å². The van der Waals surface area contributed by atoms with Gasteiger partial charge in [0.2, 0.25) is 5.13 Å². The van der Waals surface area contributed by atoms with Crippen LogP contribution in [0.1, 0.15) is 28.1 Å². The summed E-state index contributed by atoms with van der Waals surface area (Å²) in [4.78, 5) is 18.1. The maximum atomic E-state index is 13.8. The third kappa shape index (κ3) is 4.82. The summed E-state index contributed by atoms with van der Waals surface area (Å²) in [6.07, 6.45) is 4.40. The van der Waals surface area contributed by atoms with Crippen molar-refractivity contribution in [2.24, 2.45) is 5.10 Å². The van der Waals surface area contributed by atoms with Gasteiger partial charge in [-0.25, -0.2) is 17.8 Å². The zero-order valence-electron chi connectivity index (χ0n) is 20.4. The van der Waals surface area contributed by atoms with Crippen LogP contribution in [0.5, 0.6) is 0 Å². The number of carbonyl (C=O) groups is 1. The summed E-state index contributed by atoms with van der Waals surface area (Å²) in [5.41, 5.74) is 2.38. The predicted octanol–water partition coefficient (Wildman–Crippen LogP) is 5.85. The molecule has 1 aliphatic heterocycles. The molecule has 0 N–H and O–H groups in total. The Kier molecular flexibility index (Phi) is 6.45. The highest BCUT2D eigenvalue weighted by molar-refractivity contribution is 7.92. The van der Waals surface area contributed by atoms with Gasteiger partial charge in [0.25, 0.3) is 15.9 Å². The molecule has 0 saturated carbocycles. The van der Waals surface area contributed by atoms with Gasteiger partial charge in [0.15, 0.2) is 0 Å². The molecule has 1 aliphatic rings. The average Bonchev–Trinajstić information content (AvgIpc) is 3.62. The molecule has 0 aliphatic carbocycles. The van der Waals surface area contributed by atoms with E-state index in [1.807, 2.05) is 24.3 Å². The molecule has 0 bridgehead atoms. The van der Waals surface area contributed by atoms with Crippen molar-refractivity contribution < 1.29 is 22.0 Å². The fourth-order valence-corrected chi connectivity index (χ4v) is 6.90. The number of aryl methyl sites for hydroxylation is 1. The number of thiazole rings is 1. The van der Waals surface area contributed by atoms with E-state index in [0.29, 0.717) is 28.2 Å². The van der Waals surface area contributed by atoms with E-state index in [1.165, 1.54) is 59.2 Å². The van der Waals surface area contributed by atoms with Crippen LogP contribution in [-0.2, 0) is 16.4 Å². The van der Waals surface area contributed by atoms with Gasteiger partial charge in [0.05, 0.1) is 33.3 Å². The number of nitrogens with zero attached hydrogens (tertiary/aromatic N) is 4. The van der Waals surface area contributed by atoms with Gasteiger partial charge in [-0.3, -0.25) is 9.10 Å². The first-order chi connectivity index (χ1) is 18.9. The average molecular weight is 561 g/mol. The normalized spacial score (nSPS) is 13.6. The van der Waals surface area contributed by atoms with E-state index in [1.54, 1.807) is 12.1 Å². The number of hydrazone groups is 1. The molecule has 2 aromatic heterocycles. The lowest BCUT2D eigenvalue weighted by Crippen LogP contribution is -2.35. The molecular formula is C28H21FN4O4S2. The number of rotatable bonds is 6. The highest BCUT2D eigenvalue weighted by atomic mass is 32.2. The summed E-state index contributed by atoms with van der Waals surface area (Å²) in [6.45, 7) is 0.382. The van der Waals surface area contributed by atoms with Crippen LogP contribution in [-0.4, -0.2) is 32.1 Å². The Balaban J connectivity index is 1.33. The van der Waals surface area contributed by atoms with Gasteiger partial charge in [0.1, 0.15) is 11.6 Å². The number of hydrogen-bond acceptors (Lipinski definition) is 7. The first kappa shape index (κ1) is 25.0. The lowest BCUT2D eigenvalue weighted by molar-refractivity contribution is 0.0987. The van der Waals surface area contributed by atoms with E-state index < -0.39 is 21.7 Å². The number of aromatic nitrogens is 1. The molecule has 0 saturated heterocycles. The number of sulfonamides is 1. The molecule has 3 heterocycles. The number of fused-ring (bicyclic) bond motifs is 2. The first-order valence-corrected chi connectivity index (χ1v) is 14.3. The summed E-state index contributed by atoms with van der Waals surface area (Å²) in [7, 11) is -3.83. The maximum Gasteiger partial charge on any atom is 0.280 e. The Bertz CT molecular complexity index is 1800. The molecule has 5 aromatic rings. The van der Waals surface area contributed by atoms with Gasteiger partial charge < -0.3 is 4.42 Å². The van der Waals surface area contributed by atoms with Crippen LogP contribution >= 0.6 is 11.3 Å². The molecule has 0 atom stereocenters. The quantitative estimate of drug-likeness (QED) is 0.192. The van der Waals surface area contributed by atoms with Crippen molar-refractivity contribution in [3.8, 4) is 0 Å². The number of halogens is 1. The summed E-state index contributed by atoms with van der Waals surface area (Å²) in [5, 5.41) is 5.61. The largest absolute Gasteiger partial charge is 0.463 e. The lowest BCUT2D eigenvalue weighted by atomic mass is 10.0. The van der Waals surface area contributed by atoms with Crippen molar-refractivity contribution in [3.63, 3.8) is 0 Å². The molecule has 39 heavy (non-hydrogen) atoms. The summed E-state index contributed by atoms with van der Waals surface area (Å²) in [5.74, 6) is -0.532. The number of para-hydroxylation sites is 1. The highest BCUT2D eigenvalue weighted by Crippen LogP contribution is 2.33. The predicted molar refractivity (Wildman–Crippen MR) is 148 cm³/mol. The summed E-state index contributed by atoms with van der Waals surface area (Å²) >= 11 is 1.11. The summed E-state index contributed by atoms with van der Waals surface area (Å²) < 4.78 is 48.0. The number of carbonyl (C=O) groups excluding carboxylic acids is 1. The van der Waals surface area contributed by atoms with E-state index >= 15 is 0 Å². The molecule has 6 rings (SSSR count). The van der Waals surface area contributed by atoms with E-state index in [-0.39, 0.29) is 15.6 Å². The second kappa shape index (κ2) is 10.1. The minimum atomic E-state index is -3.83. The minimum absolute atomic E-state index is 0.0804. The van der Waals surface area contributed by atoms with Crippen molar-refractivity contribution in [1.82, 2.24) is 4.98 Å². The van der Waals surface area contributed by atoms with Crippen LogP contribution in [0.15, 0.2) is 99.5 Å². The second-order valence-corrected chi connectivity index (χ2v) is 11.7. The second-order valence-electron chi connectivity index (χ2n) is 8.82. The Morgan fingerprint density at radius 2 is 1.90 bits per heavy atom. The molecule has 3 aromatic carbocycles. The van der Waals surface area contributed by atoms with Gasteiger partial charge in [-0.05, 0) is 79.1 Å². The monoisotopic (exact) mass is 560 g/mol. The molecule has 8 nitrogen and oxygen atoms in total. The Morgan fingerprint density at radius 3 is 2.69 bits per heavy atom. The van der Waals surface area contributed by atoms with Crippen LogP contribution in [0.2, 0.25) is 0 Å². The molecule has 1 amide bonds. The first-order valence-electron chi connectivity index (χ1n) is 12.1. The number of furan rings is 1. The Labute approximate surface area is 227 Å². The fraction of sp³-hybridized carbons (Fsp3) is 0.107. The van der Waals surface area contributed by atoms with Crippen molar-refractivity contribution in [2.45, 2.75) is 17.7 Å². The van der Waals surface area contributed by atoms with E-state index in [0.717, 1.165) is 34.8 Å². The topological polar surface area (TPSA) is 96.1 Å². The minimum Gasteiger partial charge on any atom is -0.463 e. The molecular weight excluding hydrogens is 539 g/mol. The molecule has 11 heteroatoms. The number of benzene rings is 3. The van der Waals surface area contributed by atoms with E-state index in [4.69, 9.17) is 4.42 Å². The molecule has 0 unspecified atom stereocenters. The molecule has 196 valence electrons. The van der Waals surface area contributed by atoms with Gasteiger partial charge >= 0.3 is 0 Å². The zero-order chi connectivity index (χ0) is 27.0. The SMILES string of the molecule is O=C(c1ccc(S(=O)(=O)N2CCCc3ccccc32)cc1)N(/N=C/c1ccco1)c1nc2ccc(F)cc2s1. The highest BCUT2D eigenvalue weighted by Gasteiger charge is 2.29. The van der Waals surface area contributed by atoms with Gasteiger partial charge in [-0.2, -0.15) is 10.1 Å². The van der Waals surface area contributed by atoms with Crippen molar-refractivity contribution in [2.75, 3.05) is 15.9 Å². The molecule has 0 fully saturated rings. The summed E-state index contributed by atoms with van der Waals surface area (Å²) in [6, 6.07) is 20.7. The van der Waals surface area contributed by atoms with Crippen molar-refractivity contribution in [1.29, 1.82) is 0 Å². The Morgan fingerprint density at radius 1 is 1.08 bits per heavy atom. The van der Waals surface area contributed by atoms with Gasteiger partial charge in [-0.15, -0.1) is 0 Å². The van der Waals surface area contributed by atoms with Crippen LogP contribution < -0.4 is 9.31 Å². The number of anilines is 2. The van der Waals surface area contributed by atoms with Crippen molar-refractivity contribution in [3.05, 3.63) is 108 Å². The van der Waals surface area contributed by atoms with E-state index in [2.05, 4.69) is 10.1 Å².